The van der Waals surface area contributed by atoms with E-state index >= 15 is 0 Å². The van der Waals surface area contributed by atoms with Crippen LogP contribution in [0.5, 0.6) is 0 Å². The van der Waals surface area contributed by atoms with Gasteiger partial charge in [0.15, 0.2) is 5.82 Å². The lowest BCUT2D eigenvalue weighted by Gasteiger charge is -2.07. The number of pyridine rings is 1. The lowest BCUT2D eigenvalue weighted by atomic mass is 10.3. The summed E-state index contributed by atoms with van der Waals surface area (Å²) in [5.41, 5.74) is 6.99. The maximum Gasteiger partial charge on any atom is 0.152 e. The van der Waals surface area contributed by atoms with Crippen molar-refractivity contribution in [3.8, 4) is 0 Å². The maximum atomic E-state index is 5.48. The molecule has 2 rings (SSSR count). The van der Waals surface area contributed by atoms with Gasteiger partial charge in [0, 0.05) is 6.54 Å². The topological polar surface area (TPSA) is 81.7 Å². The highest BCUT2D eigenvalue weighted by Gasteiger charge is 2.03. The summed E-state index contributed by atoms with van der Waals surface area (Å²) in [6.45, 7) is 3.50. The third kappa shape index (κ3) is 2.80. The average molecular weight is 262 g/mol. The first-order valence-corrected chi connectivity index (χ1v) is 5.98. The van der Waals surface area contributed by atoms with Crippen LogP contribution in [0.1, 0.15) is 18.4 Å². The Balaban J connectivity index is 2.00. The monoisotopic (exact) mass is 262 g/mol. The number of thiocarbonyl (C=S) groups is 1. The van der Waals surface area contributed by atoms with Crippen molar-refractivity contribution in [2.45, 2.75) is 20.0 Å². The standard InChI is InChI=1S/C11H14N6S/c1-2-17-7-15-16-10(17)6-13-8-3-4-9(11(12)18)14-5-8/h3-5,7,13H,2,6H2,1H3,(H2,12,18). The van der Waals surface area contributed by atoms with Gasteiger partial charge in [-0.2, -0.15) is 0 Å². The smallest absolute Gasteiger partial charge is 0.152 e. The van der Waals surface area contributed by atoms with Gasteiger partial charge < -0.3 is 15.6 Å². The van der Waals surface area contributed by atoms with Crippen molar-refractivity contribution < 1.29 is 0 Å². The van der Waals surface area contributed by atoms with Crippen molar-refractivity contribution in [2.24, 2.45) is 5.73 Å². The van der Waals surface area contributed by atoms with E-state index in [0.717, 1.165) is 18.1 Å². The second-order valence-corrected chi connectivity index (χ2v) is 4.12. The van der Waals surface area contributed by atoms with Crippen molar-refractivity contribution in [3.05, 3.63) is 36.2 Å². The molecule has 0 aliphatic rings. The Labute approximate surface area is 110 Å². The van der Waals surface area contributed by atoms with E-state index in [4.69, 9.17) is 18.0 Å². The second kappa shape index (κ2) is 5.54. The van der Waals surface area contributed by atoms with Gasteiger partial charge in [0.2, 0.25) is 0 Å². The minimum absolute atomic E-state index is 0.298. The molecule has 0 spiro atoms. The predicted molar refractivity (Wildman–Crippen MR) is 73.1 cm³/mol. The molecule has 0 radical (unpaired) electrons. The molecule has 0 bridgehead atoms. The fourth-order valence-electron chi connectivity index (χ4n) is 1.51. The fourth-order valence-corrected chi connectivity index (χ4v) is 1.63. The number of nitrogens with one attached hydrogen (secondary N) is 1. The van der Waals surface area contributed by atoms with E-state index in [9.17, 15) is 0 Å². The zero-order chi connectivity index (χ0) is 13.0. The molecule has 0 aliphatic carbocycles. The van der Waals surface area contributed by atoms with Crippen LogP contribution in [0, 0.1) is 0 Å². The van der Waals surface area contributed by atoms with Gasteiger partial charge >= 0.3 is 0 Å². The minimum atomic E-state index is 0.298. The Bertz CT molecular complexity index is 533. The highest BCUT2D eigenvalue weighted by atomic mass is 32.1. The number of aryl methyl sites for hydroxylation is 1. The number of rotatable bonds is 5. The lowest BCUT2D eigenvalue weighted by molar-refractivity contribution is 0.708. The molecule has 7 heteroatoms. The zero-order valence-electron chi connectivity index (χ0n) is 10.00. The van der Waals surface area contributed by atoms with Gasteiger partial charge in [0.25, 0.3) is 0 Å². The van der Waals surface area contributed by atoms with Crippen LogP contribution in [0.2, 0.25) is 0 Å². The van der Waals surface area contributed by atoms with Gasteiger partial charge in [-0.15, -0.1) is 10.2 Å². The minimum Gasteiger partial charge on any atom is -0.388 e. The molecule has 0 atom stereocenters. The molecule has 0 saturated heterocycles. The molecule has 2 aromatic rings. The first-order chi connectivity index (χ1) is 8.70. The van der Waals surface area contributed by atoms with Crippen LogP contribution in [0.4, 0.5) is 5.69 Å². The van der Waals surface area contributed by atoms with Crippen LogP contribution >= 0.6 is 12.2 Å². The first-order valence-electron chi connectivity index (χ1n) is 5.57. The van der Waals surface area contributed by atoms with Gasteiger partial charge in [0.1, 0.15) is 11.3 Å². The fraction of sp³-hybridized carbons (Fsp3) is 0.273. The molecular weight excluding hydrogens is 248 g/mol. The molecule has 0 fully saturated rings. The third-order valence-electron chi connectivity index (χ3n) is 2.50. The quantitative estimate of drug-likeness (QED) is 0.780. The van der Waals surface area contributed by atoms with Crippen LogP contribution in [-0.4, -0.2) is 24.7 Å². The summed E-state index contributed by atoms with van der Waals surface area (Å²) in [4.78, 5) is 4.45. The van der Waals surface area contributed by atoms with Crippen molar-refractivity contribution in [1.82, 2.24) is 19.7 Å². The number of hydrogen-bond acceptors (Lipinski definition) is 5. The van der Waals surface area contributed by atoms with Gasteiger partial charge in [0.05, 0.1) is 24.1 Å². The summed E-state index contributed by atoms with van der Waals surface area (Å²) >= 11 is 4.84. The number of nitrogens with two attached hydrogens (primary N) is 1. The molecule has 0 amide bonds. The van der Waals surface area contributed by atoms with E-state index in [1.807, 2.05) is 17.6 Å². The number of nitrogens with zero attached hydrogens (tertiary/aromatic N) is 4. The summed E-state index contributed by atoms with van der Waals surface area (Å²) < 4.78 is 1.98. The Kier molecular flexibility index (Phi) is 3.83. The Morgan fingerprint density at radius 1 is 1.50 bits per heavy atom. The highest BCUT2D eigenvalue weighted by molar-refractivity contribution is 7.80. The van der Waals surface area contributed by atoms with Crippen LogP contribution in [0.3, 0.4) is 0 Å². The van der Waals surface area contributed by atoms with E-state index in [0.29, 0.717) is 17.2 Å². The van der Waals surface area contributed by atoms with Gasteiger partial charge in [-0.25, -0.2) is 0 Å². The molecule has 3 N–H and O–H groups in total. The molecule has 2 heterocycles. The zero-order valence-corrected chi connectivity index (χ0v) is 10.8. The van der Waals surface area contributed by atoms with Gasteiger partial charge in [-0.05, 0) is 19.1 Å². The van der Waals surface area contributed by atoms with Crippen LogP contribution in [-0.2, 0) is 13.1 Å². The van der Waals surface area contributed by atoms with E-state index in [1.54, 1.807) is 18.6 Å². The van der Waals surface area contributed by atoms with Crippen LogP contribution in [0.25, 0.3) is 0 Å². The molecule has 18 heavy (non-hydrogen) atoms. The Morgan fingerprint density at radius 3 is 2.94 bits per heavy atom. The number of anilines is 1. The van der Waals surface area contributed by atoms with Crippen LogP contribution in [0.15, 0.2) is 24.7 Å². The lowest BCUT2D eigenvalue weighted by Crippen LogP contribution is -2.12. The molecule has 0 saturated carbocycles. The van der Waals surface area contributed by atoms with Crippen molar-refractivity contribution in [1.29, 1.82) is 0 Å². The summed E-state index contributed by atoms with van der Waals surface area (Å²) in [5.74, 6) is 0.885. The summed E-state index contributed by atoms with van der Waals surface area (Å²) in [5, 5.41) is 11.1. The maximum absolute atomic E-state index is 5.48. The van der Waals surface area contributed by atoms with Crippen LogP contribution < -0.4 is 11.1 Å². The SMILES string of the molecule is CCn1cnnc1CNc1ccc(C(N)=S)nc1. The highest BCUT2D eigenvalue weighted by Crippen LogP contribution is 2.07. The molecule has 2 aromatic heterocycles. The average Bonchev–Trinajstić information content (AvgIpc) is 2.84. The molecule has 94 valence electrons. The van der Waals surface area contributed by atoms with Crippen molar-refractivity contribution in [2.75, 3.05) is 5.32 Å². The van der Waals surface area contributed by atoms with Crippen molar-refractivity contribution in [3.63, 3.8) is 0 Å². The summed E-state index contributed by atoms with van der Waals surface area (Å²) in [6.07, 6.45) is 3.41. The van der Waals surface area contributed by atoms with E-state index in [-0.39, 0.29) is 0 Å². The molecule has 0 aliphatic heterocycles. The predicted octanol–water partition coefficient (Wildman–Crippen LogP) is 0.939. The molecule has 0 unspecified atom stereocenters. The van der Waals surface area contributed by atoms with Gasteiger partial charge in [-0.1, -0.05) is 12.2 Å². The van der Waals surface area contributed by atoms with E-state index in [1.165, 1.54) is 0 Å². The van der Waals surface area contributed by atoms with E-state index in [2.05, 4.69) is 20.5 Å². The number of aromatic nitrogens is 4. The van der Waals surface area contributed by atoms with E-state index < -0.39 is 0 Å². The second-order valence-electron chi connectivity index (χ2n) is 3.68. The first kappa shape index (κ1) is 12.4. The molecular formula is C11H14N6S. The molecule has 0 aromatic carbocycles. The Morgan fingerprint density at radius 2 is 2.33 bits per heavy atom. The number of hydrogen-bond donors (Lipinski definition) is 2. The van der Waals surface area contributed by atoms with Gasteiger partial charge in [-0.3, -0.25) is 4.98 Å². The normalized spacial score (nSPS) is 10.3. The Hall–Kier alpha value is -2.02. The molecule has 6 nitrogen and oxygen atoms in total. The largest absolute Gasteiger partial charge is 0.388 e. The summed E-state index contributed by atoms with van der Waals surface area (Å²) in [6, 6.07) is 3.67. The van der Waals surface area contributed by atoms with Crippen molar-refractivity contribution >= 4 is 22.9 Å². The summed E-state index contributed by atoms with van der Waals surface area (Å²) in [7, 11) is 0. The third-order valence-corrected chi connectivity index (χ3v) is 2.71.